The molecule has 0 atom stereocenters. The average molecular weight is 390 g/mol. The number of esters is 1. The smallest absolute Gasteiger partial charge is 0.337 e. The number of carbonyl (C=O) groups excluding carboxylic acids is 2. The summed E-state index contributed by atoms with van der Waals surface area (Å²) in [5.74, 6) is -0.774. The first-order valence-electron chi connectivity index (χ1n) is 8.96. The minimum absolute atomic E-state index is 0.275. The van der Waals surface area contributed by atoms with Crippen LogP contribution in [0, 0.1) is 0 Å². The van der Waals surface area contributed by atoms with Crippen LogP contribution in [0.5, 0.6) is 0 Å². The van der Waals surface area contributed by atoms with E-state index in [1.807, 2.05) is 43.3 Å². The number of hydrogen-bond donors (Lipinski definition) is 2. The van der Waals surface area contributed by atoms with Gasteiger partial charge in [0.15, 0.2) is 0 Å². The lowest BCUT2D eigenvalue weighted by atomic mass is 10.2. The molecule has 7 heteroatoms. The highest BCUT2D eigenvalue weighted by Gasteiger charge is 2.10. The number of hydrogen-bond acceptors (Lipinski definition) is 6. The first-order valence-corrected chi connectivity index (χ1v) is 8.96. The molecule has 0 unspecified atom stereocenters. The van der Waals surface area contributed by atoms with Gasteiger partial charge in [-0.05, 0) is 60.7 Å². The molecule has 2 aromatic carbocycles. The largest absolute Gasteiger partial charge is 0.465 e. The van der Waals surface area contributed by atoms with Gasteiger partial charge in [-0.15, -0.1) is 0 Å². The van der Waals surface area contributed by atoms with Gasteiger partial charge in [0.1, 0.15) is 5.69 Å². The summed E-state index contributed by atoms with van der Waals surface area (Å²) >= 11 is 0. The molecule has 0 aliphatic heterocycles. The third kappa shape index (κ3) is 5.10. The van der Waals surface area contributed by atoms with Crippen LogP contribution in [0.3, 0.4) is 0 Å². The Balaban J connectivity index is 1.68. The number of rotatable bonds is 6. The van der Waals surface area contributed by atoms with E-state index in [1.54, 1.807) is 42.6 Å². The molecule has 1 amide bonds. The number of amides is 1. The van der Waals surface area contributed by atoms with Gasteiger partial charge in [-0.25, -0.2) is 4.79 Å². The van der Waals surface area contributed by atoms with E-state index in [1.165, 1.54) is 7.11 Å². The number of ether oxygens (including phenoxy) is 1. The number of carbonyl (C=O) groups is 2. The number of nitrogens with one attached hydrogen (secondary N) is 2. The minimum atomic E-state index is -0.429. The van der Waals surface area contributed by atoms with Crippen LogP contribution in [0.25, 0.3) is 0 Å². The van der Waals surface area contributed by atoms with Gasteiger partial charge in [-0.2, -0.15) is 0 Å². The second-order valence-electron chi connectivity index (χ2n) is 6.52. The molecular weight excluding hydrogens is 368 g/mol. The first-order chi connectivity index (χ1) is 14.0. The third-order valence-corrected chi connectivity index (χ3v) is 4.23. The number of aromatic nitrogens is 1. The van der Waals surface area contributed by atoms with E-state index in [4.69, 9.17) is 0 Å². The number of pyridine rings is 1. The van der Waals surface area contributed by atoms with Crippen molar-refractivity contribution in [3.8, 4) is 0 Å². The van der Waals surface area contributed by atoms with Crippen LogP contribution in [-0.4, -0.2) is 38.1 Å². The summed E-state index contributed by atoms with van der Waals surface area (Å²) in [4.78, 5) is 30.2. The normalized spacial score (nSPS) is 10.2. The predicted octanol–water partition coefficient (Wildman–Crippen LogP) is 3.93. The Morgan fingerprint density at radius 1 is 0.897 bits per heavy atom. The van der Waals surface area contributed by atoms with Crippen LogP contribution in [0.15, 0.2) is 66.9 Å². The van der Waals surface area contributed by atoms with Gasteiger partial charge in [0.25, 0.3) is 5.91 Å². The van der Waals surface area contributed by atoms with Gasteiger partial charge in [0.05, 0.1) is 12.7 Å². The van der Waals surface area contributed by atoms with Crippen molar-refractivity contribution >= 4 is 34.6 Å². The highest BCUT2D eigenvalue weighted by Crippen LogP contribution is 2.20. The fraction of sp³-hybridized carbons (Fsp3) is 0.136. The topological polar surface area (TPSA) is 83.6 Å². The van der Waals surface area contributed by atoms with E-state index in [2.05, 4.69) is 20.4 Å². The molecule has 148 valence electrons. The van der Waals surface area contributed by atoms with Crippen LogP contribution in [-0.2, 0) is 4.74 Å². The Hall–Kier alpha value is -3.87. The van der Waals surface area contributed by atoms with Crippen molar-refractivity contribution in [1.82, 2.24) is 4.98 Å². The zero-order valence-corrected chi connectivity index (χ0v) is 16.5. The standard InChI is InChI=1S/C22H22N4O3/c1-26(2)19-10-8-16(9-11-19)24-18-12-13-23-20(14-18)21(27)25-17-6-4-15(5-7-17)22(28)29-3/h4-14H,1-3H3,(H,23,24)(H,25,27). The molecule has 0 saturated carbocycles. The lowest BCUT2D eigenvalue weighted by Gasteiger charge is -2.13. The van der Waals surface area contributed by atoms with Gasteiger partial charge in [-0.1, -0.05) is 0 Å². The zero-order chi connectivity index (χ0) is 20.8. The quantitative estimate of drug-likeness (QED) is 0.621. The molecule has 0 spiro atoms. The van der Waals surface area contributed by atoms with Gasteiger partial charge in [0, 0.05) is 43.0 Å². The van der Waals surface area contributed by atoms with Crippen LogP contribution in [0.2, 0.25) is 0 Å². The molecule has 7 nitrogen and oxygen atoms in total. The lowest BCUT2D eigenvalue weighted by Crippen LogP contribution is -2.14. The van der Waals surface area contributed by atoms with Crippen LogP contribution in [0.4, 0.5) is 22.7 Å². The van der Waals surface area contributed by atoms with Crippen molar-refractivity contribution in [2.75, 3.05) is 36.7 Å². The fourth-order valence-corrected chi connectivity index (χ4v) is 2.64. The number of nitrogens with zero attached hydrogens (tertiary/aromatic N) is 2. The summed E-state index contributed by atoms with van der Waals surface area (Å²) in [5, 5.41) is 6.03. The molecule has 1 heterocycles. The molecule has 29 heavy (non-hydrogen) atoms. The second kappa shape index (κ2) is 8.88. The summed E-state index contributed by atoms with van der Waals surface area (Å²) in [6.45, 7) is 0. The maximum absolute atomic E-state index is 12.5. The van der Waals surface area contributed by atoms with Gasteiger partial charge < -0.3 is 20.3 Å². The fourth-order valence-electron chi connectivity index (χ4n) is 2.64. The highest BCUT2D eigenvalue weighted by molar-refractivity contribution is 6.03. The van der Waals surface area contributed by atoms with E-state index in [0.29, 0.717) is 11.3 Å². The zero-order valence-electron chi connectivity index (χ0n) is 16.5. The summed E-state index contributed by atoms with van der Waals surface area (Å²) in [7, 11) is 5.29. The molecule has 2 N–H and O–H groups in total. The van der Waals surface area contributed by atoms with Crippen LogP contribution < -0.4 is 15.5 Å². The molecule has 3 aromatic rings. The Morgan fingerprint density at radius 2 is 1.55 bits per heavy atom. The highest BCUT2D eigenvalue weighted by atomic mass is 16.5. The molecule has 0 saturated heterocycles. The monoisotopic (exact) mass is 390 g/mol. The molecule has 0 aliphatic carbocycles. The lowest BCUT2D eigenvalue weighted by molar-refractivity contribution is 0.0600. The van der Waals surface area contributed by atoms with E-state index >= 15 is 0 Å². The van der Waals surface area contributed by atoms with E-state index < -0.39 is 5.97 Å². The summed E-state index contributed by atoms with van der Waals surface area (Å²) in [5.41, 5.74) is 4.01. The van der Waals surface area contributed by atoms with E-state index in [9.17, 15) is 9.59 Å². The van der Waals surface area contributed by atoms with E-state index in [0.717, 1.165) is 17.1 Å². The maximum Gasteiger partial charge on any atom is 0.337 e. The minimum Gasteiger partial charge on any atom is -0.465 e. The molecule has 1 aromatic heterocycles. The van der Waals surface area contributed by atoms with Crippen molar-refractivity contribution in [3.05, 3.63) is 78.1 Å². The Bertz CT molecular complexity index is 999. The van der Waals surface area contributed by atoms with Gasteiger partial charge in [-0.3, -0.25) is 9.78 Å². The summed E-state index contributed by atoms with van der Waals surface area (Å²) < 4.78 is 4.66. The van der Waals surface area contributed by atoms with Crippen molar-refractivity contribution in [2.45, 2.75) is 0 Å². The number of methoxy groups -OCH3 is 1. The summed E-state index contributed by atoms with van der Waals surface area (Å²) in [6.07, 6.45) is 1.58. The maximum atomic E-state index is 12.5. The van der Waals surface area contributed by atoms with Crippen molar-refractivity contribution in [1.29, 1.82) is 0 Å². The molecule has 0 radical (unpaired) electrons. The predicted molar refractivity (Wildman–Crippen MR) is 114 cm³/mol. The third-order valence-electron chi connectivity index (χ3n) is 4.23. The van der Waals surface area contributed by atoms with Crippen LogP contribution >= 0.6 is 0 Å². The average Bonchev–Trinajstić information content (AvgIpc) is 2.74. The Morgan fingerprint density at radius 3 is 2.17 bits per heavy atom. The van der Waals surface area contributed by atoms with Crippen molar-refractivity contribution < 1.29 is 14.3 Å². The van der Waals surface area contributed by atoms with Gasteiger partial charge >= 0.3 is 5.97 Å². The van der Waals surface area contributed by atoms with Crippen LogP contribution in [0.1, 0.15) is 20.8 Å². The number of anilines is 4. The van der Waals surface area contributed by atoms with Gasteiger partial charge in [0.2, 0.25) is 0 Å². The Kier molecular flexibility index (Phi) is 6.09. The van der Waals surface area contributed by atoms with Crippen molar-refractivity contribution in [3.63, 3.8) is 0 Å². The number of benzene rings is 2. The molecule has 0 fully saturated rings. The van der Waals surface area contributed by atoms with Crippen molar-refractivity contribution in [2.24, 2.45) is 0 Å². The molecule has 0 aliphatic rings. The van der Waals surface area contributed by atoms with E-state index in [-0.39, 0.29) is 11.6 Å². The summed E-state index contributed by atoms with van der Waals surface area (Å²) in [6, 6.07) is 17.9. The first kappa shape index (κ1) is 19.9. The molecule has 0 bridgehead atoms. The Labute approximate surface area is 169 Å². The second-order valence-corrected chi connectivity index (χ2v) is 6.52. The SMILES string of the molecule is COC(=O)c1ccc(NC(=O)c2cc(Nc3ccc(N(C)C)cc3)ccn2)cc1. The molecule has 3 rings (SSSR count). The molecular formula is C22H22N4O3.